The number of nitrogens with two attached hydrogens (primary N) is 1. The Morgan fingerprint density at radius 1 is 1.42 bits per heavy atom. The first-order valence-corrected chi connectivity index (χ1v) is 6.20. The lowest BCUT2D eigenvalue weighted by Crippen LogP contribution is -2.00. The van der Waals surface area contributed by atoms with Gasteiger partial charge in [0.1, 0.15) is 17.7 Å². The Labute approximate surface area is 118 Å². The Balaban J connectivity index is 2.37. The molecule has 0 unspecified atom stereocenters. The van der Waals surface area contributed by atoms with Crippen molar-refractivity contribution in [2.45, 2.75) is 6.92 Å². The number of benzene rings is 1. The number of halogens is 2. The zero-order valence-corrected chi connectivity index (χ0v) is 11.6. The Morgan fingerprint density at radius 3 is 2.84 bits per heavy atom. The Bertz CT molecular complexity index is 679. The number of nitrogens with one attached hydrogen (secondary N) is 1. The number of pyridine rings is 1. The molecule has 1 aromatic heterocycles. The van der Waals surface area contributed by atoms with Crippen LogP contribution >= 0.6 is 15.9 Å². The number of rotatable bonds is 2. The summed E-state index contributed by atoms with van der Waals surface area (Å²) in [5, 5.41) is 11.8. The molecule has 0 atom stereocenters. The van der Waals surface area contributed by atoms with Gasteiger partial charge in [0.05, 0.1) is 10.2 Å². The lowest BCUT2D eigenvalue weighted by molar-refractivity contribution is 0.621. The largest absolute Gasteiger partial charge is 0.396 e. The number of aryl methyl sites for hydroxylation is 1. The van der Waals surface area contributed by atoms with Crippen LogP contribution < -0.4 is 11.1 Å². The minimum atomic E-state index is -0.371. The number of nitrogen functional groups attached to an aromatic ring is 1. The topological polar surface area (TPSA) is 74.7 Å². The van der Waals surface area contributed by atoms with E-state index in [9.17, 15) is 4.39 Å². The summed E-state index contributed by atoms with van der Waals surface area (Å²) in [6.07, 6.45) is 0. The van der Waals surface area contributed by atoms with Crippen molar-refractivity contribution in [2.75, 3.05) is 11.1 Å². The first-order chi connectivity index (χ1) is 9.01. The zero-order valence-electron chi connectivity index (χ0n) is 10.0. The molecule has 0 aliphatic rings. The van der Waals surface area contributed by atoms with Crippen molar-refractivity contribution >= 4 is 33.1 Å². The third-order valence-corrected chi connectivity index (χ3v) is 3.17. The lowest BCUT2D eigenvalue weighted by Gasteiger charge is -2.10. The smallest absolute Gasteiger partial charge is 0.165 e. The molecule has 0 bridgehead atoms. The maximum absolute atomic E-state index is 13.5. The second kappa shape index (κ2) is 5.24. The highest BCUT2D eigenvalue weighted by molar-refractivity contribution is 9.10. The van der Waals surface area contributed by atoms with Gasteiger partial charge in [-0.05, 0) is 52.7 Å². The molecule has 2 rings (SSSR count). The van der Waals surface area contributed by atoms with Gasteiger partial charge >= 0.3 is 0 Å². The van der Waals surface area contributed by atoms with E-state index in [1.54, 1.807) is 18.2 Å². The summed E-state index contributed by atoms with van der Waals surface area (Å²) in [6.45, 7) is 1.84. The summed E-state index contributed by atoms with van der Waals surface area (Å²) in [5.74, 6) is 0.0691. The van der Waals surface area contributed by atoms with Crippen LogP contribution in [0.3, 0.4) is 0 Å². The van der Waals surface area contributed by atoms with Crippen molar-refractivity contribution in [1.82, 2.24) is 4.98 Å². The van der Waals surface area contributed by atoms with Crippen LogP contribution in [0, 0.1) is 24.1 Å². The fourth-order valence-corrected chi connectivity index (χ4v) is 2.01. The number of hydrogen-bond donors (Lipinski definition) is 2. The van der Waals surface area contributed by atoms with E-state index in [0.717, 1.165) is 5.56 Å². The van der Waals surface area contributed by atoms with Crippen LogP contribution in [-0.2, 0) is 0 Å². The molecule has 2 aromatic rings. The molecular formula is C13H10BrFN4. The van der Waals surface area contributed by atoms with Crippen LogP contribution in [0.25, 0.3) is 0 Å². The Morgan fingerprint density at radius 2 is 2.16 bits per heavy atom. The highest BCUT2D eigenvalue weighted by Crippen LogP contribution is 2.26. The molecule has 0 saturated carbocycles. The molecule has 0 aliphatic heterocycles. The van der Waals surface area contributed by atoms with E-state index >= 15 is 0 Å². The number of nitriles is 1. The van der Waals surface area contributed by atoms with E-state index in [4.69, 9.17) is 11.0 Å². The second-order valence-corrected chi connectivity index (χ2v) is 4.81. The highest BCUT2D eigenvalue weighted by Gasteiger charge is 2.07. The molecule has 0 saturated heterocycles. The molecule has 3 N–H and O–H groups in total. The predicted octanol–water partition coefficient (Wildman–Crippen LogP) is 3.49. The van der Waals surface area contributed by atoms with E-state index in [1.165, 1.54) is 6.07 Å². The van der Waals surface area contributed by atoms with Crippen molar-refractivity contribution in [3.05, 3.63) is 45.8 Å². The minimum absolute atomic E-state index is 0.139. The first kappa shape index (κ1) is 13.3. The van der Waals surface area contributed by atoms with Crippen LogP contribution in [0.4, 0.5) is 21.6 Å². The molecule has 6 heteroatoms. The number of anilines is 3. The van der Waals surface area contributed by atoms with Crippen molar-refractivity contribution < 1.29 is 4.39 Å². The number of aromatic nitrogens is 1. The van der Waals surface area contributed by atoms with E-state index in [2.05, 4.69) is 26.2 Å². The van der Waals surface area contributed by atoms with E-state index in [-0.39, 0.29) is 11.5 Å². The molecule has 4 nitrogen and oxygen atoms in total. The summed E-state index contributed by atoms with van der Waals surface area (Å²) in [4.78, 5) is 4.05. The summed E-state index contributed by atoms with van der Waals surface area (Å²) >= 11 is 3.12. The van der Waals surface area contributed by atoms with Crippen LogP contribution in [-0.4, -0.2) is 4.98 Å². The standard InChI is InChI=1S/C13H10BrFN4/c1-7-4-8(14)9(15)5-11(7)18-13-3-2-10(17)12(6-16)19-13/h2-5H,17H2,1H3,(H,18,19). The Kier molecular flexibility index (Phi) is 3.67. The average molecular weight is 321 g/mol. The fraction of sp³-hybridized carbons (Fsp3) is 0.0769. The minimum Gasteiger partial charge on any atom is -0.396 e. The van der Waals surface area contributed by atoms with Crippen LogP contribution in [0.15, 0.2) is 28.7 Å². The van der Waals surface area contributed by atoms with Gasteiger partial charge in [0.25, 0.3) is 0 Å². The van der Waals surface area contributed by atoms with Gasteiger partial charge in [-0.1, -0.05) is 0 Å². The van der Waals surface area contributed by atoms with Gasteiger partial charge in [-0.2, -0.15) is 5.26 Å². The third kappa shape index (κ3) is 2.83. The highest BCUT2D eigenvalue weighted by atomic mass is 79.9. The van der Waals surface area contributed by atoms with Gasteiger partial charge in [0.2, 0.25) is 0 Å². The molecule has 0 aliphatic carbocycles. The molecule has 0 spiro atoms. The third-order valence-electron chi connectivity index (χ3n) is 2.56. The van der Waals surface area contributed by atoms with Crippen molar-refractivity contribution in [1.29, 1.82) is 5.26 Å². The summed E-state index contributed by atoms with van der Waals surface area (Å²) in [6, 6.07) is 8.15. The predicted molar refractivity (Wildman–Crippen MR) is 75.5 cm³/mol. The quantitative estimate of drug-likeness (QED) is 0.888. The van der Waals surface area contributed by atoms with Gasteiger partial charge in [-0.3, -0.25) is 0 Å². The maximum atomic E-state index is 13.5. The maximum Gasteiger partial charge on any atom is 0.165 e. The van der Waals surface area contributed by atoms with Crippen LogP contribution in [0.5, 0.6) is 0 Å². The van der Waals surface area contributed by atoms with E-state index < -0.39 is 0 Å². The van der Waals surface area contributed by atoms with Gasteiger partial charge in [-0.25, -0.2) is 9.37 Å². The summed E-state index contributed by atoms with van der Waals surface area (Å²) in [5.41, 5.74) is 7.48. The first-order valence-electron chi connectivity index (χ1n) is 5.40. The molecule has 0 amide bonds. The van der Waals surface area contributed by atoms with Gasteiger partial charge in [0, 0.05) is 5.69 Å². The SMILES string of the molecule is Cc1cc(Br)c(F)cc1Nc1ccc(N)c(C#N)n1. The molecule has 0 fully saturated rings. The zero-order chi connectivity index (χ0) is 14.0. The van der Waals surface area contributed by atoms with Crippen LogP contribution in [0.1, 0.15) is 11.3 Å². The number of nitrogens with zero attached hydrogens (tertiary/aromatic N) is 2. The molecule has 1 aromatic carbocycles. The summed E-state index contributed by atoms with van der Waals surface area (Å²) in [7, 11) is 0. The van der Waals surface area contributed by atoms with Gasteiger partial charge in [-0.15, -0.1) is 0 Å². The summed E-state index contributed by atoms with van der Waals surface area (Å²) < 4.78 is 13.9. The normalized spacial score (nSPS) is 10.0. The number of hydrogen-bond acceptors (Lipinski definition) is 4. The monoisotopic (exact) mass is 320 g/mol. The molecule has 1 heterocycles. The van der Waals surface area contributed by atoms with Crippen LogP contribution in [0.2, 0.25) is 0 Å². The van der Waals surface area contributed by atoms with Crippen molar-refractivity contribution in [3.8, 4) is 6.07 Å². The molecular weight excluding hydrogens is 311 g/mol. The lowest BCUT2D eigenvalue weighted by atomic mass is 10.2. The molecule has 96 valence electrons. The average Bonchev–Trinajstić information content (AvgIpc) is 2.38. The van der Waals surface area contributed by atoms with Crippen molar-refractivity contribution in [3.63, 3.8) is 0 Å². The van der Waals surface area contributed by atoms with E-state index in [0.29, 0.717) is 21.7 Å². The van der Waals surface area contributed by atoms with E-state index in [1.807, 2.05) is 13.0 Å². The molecule has 19 heavy (non-hydrogen) atoms. The fourth-order valence-electron chi connectivity index (χ4n) is 1.55. The molecule has 0 radical (unpaired) electrons. The van der Waals surface area contributed by atoms with Gasteiger partial charge < -0.3 is 11.1 Å². The van der Waals surface area contributed by atoms with Gasteiger partial charge in [0.15, 0.2) is 5.69 Å². The van der Waals surface area contributed by atoms with Crippen molar-refractivity contribution in [2.24, 2.45) is 0 Å². The second-order valence-electron chi connectivity index (χ2n) is 3.95. The Hall–Kier alpha value is -2.13.